The first kappa shape index (κ1) is 49.6. The van der Waals surface area contributed by atoms with Crippen LogP contribution in [0.15, 0.2) is 309 Å². The zero-order valence-electron chi connectivity index (χ0n) is 47.8. The number of hydrogen-bond donors (Lipinski definition) is 0. The van der Waals surface area contributed by atoms with Crippen molar-refractivity contribution in [3.8, 4) is 39.1 Å². The maximum absolute atomic E-state index is 2.50. The van der Waals surface area contributed by atoms with E-state index in [0.717, 1.165) is 39.8 Å². The van der Waals surface area contributed by atoms with E-state index < -0.39 is 0 Å². The molecule has 0 aliphatic heterocycles. The molecule has 1 aliphatic carbocycles. The van der Waals surface area contributed by atoms with Gasteiger partial charge in [0.25, 0.3) is 0 Å². The fourth-order valence-electron chi connectivity index (χ4n) is 14.4. The average Bonchev–Trinajstić information content (AvgIpc) is 1.70. The molecule has 1 heterocycles. The van der Waals surface area contributed by atoms with Gasteiger partial charge in [-0.25, -0.2) is 0 Å². The van der Waals surface area contributed by atoms with Crippen LogP contribution < -0.4 is 9.80 Å². The molecule has 1 aromatic heterocycles. The van der Waals surface area contributed by atoms with Gasteiger partial charge in [0.1, 0.15) is 0 Å². The molecule has 3 heteroatoms. The monoisotopic (exact) mass is 1100 g/mol. The summed E-state index contributed by atoms with van der Waals surface area (Å²) in [6.07, 6.45) is 0. The van der Waals surface area contributed by atoms with E-state index in [4.69, 9.17) is 0 Å². The lowest BCUT2D eigenvalue weighted by atomic mass is 9.82. The summed E-state index contributed by atoms with van der Waals surface area (Å²) in [6, 6.07) is 115. The average molecular weight is 1100 g/mol. The Hall–Kier alpha value is -11.0. The molecule has 0 fully saturated rings. The topological polar surface area (TPSA) is 11.4 Å². The first-order valence-electron chi connectivity index (χ1n) is 29.9. The van der Waals surface area contributed by atoms with Crippen LogP contribution in [0.25, 0.3) is 115 Å². The van der Waals surface area contributed by atoms with Crippen molar-refractivity contribution in [2.24, 2.45) is 0 Å². The van der Waals surface area contributed by atoms with Gasteiger partial charge in [-0.3, -0.25) is 0 Å². The van der Waals surface area contributed by atoms with Gasteiger partial charge < -0.3 is 14.4 Å². The summed E-state index contributed by atoms with van der Waals surface area (Å²) < 4.78 is 2.39. The van der Waals surface area contributed by atoms with Gasteiger partial charge in [0.15, 0.2) is 0 Å². The lowest BCUT2D eigenvalue weighted by molar-refractivity contribution is 0.660. The highest BCUT2D eigenvalue weighted by Gasteiger charge is 2.37. The molecular weight excluding hydrogens is 1040 g/mol. The Morgan fingerprint density at radius 3 is 1.38 bits per heavy atom. The Morgan fingerprint density at radius 1 is 0.256 bits per heavy atom. The smallest absolute Gasteiger partial charge is 0.0541 e. The first-order chi connectivity index (χ1) is 42.4. The molecule has 0 saturated heterocycles. The van der Waals surface area contributed by atoms with E-state index in [2.05, 4.69) is 338 Å². The number of para-hydroxylation sites is 3. The number of benzene rings is 15. The minimum atomic E-state index is -0.326. The molecule has 17 rings (SSSR count). The molecule has 0 N–H and O–H groups in total. The van der Waals surface area contributed by atoms with Crippen molar-refractivity contribution in [3.05, 3.63) is 321 Å². The van der Waals surface area contributed by atoms with Crippen molar-refractivity contribution >= 4 is 110 Å². The number of fused-ring (bicyclic) bond motifs is 14. The highest BCUT2D eigenvalue weighted by Crippen LogP contribution is 2.54. The van der Waals surface area contributed by atoms with Crippen molar-refractivity contribution in [2.45, 2.75) is 19.3 Å². The van der Waals surface area contributed by atoms with E-state index in [1.54, 1.807) is 0 Å². The Labute approximate surface area is 500 Å². The summed E-state index contributed by atoms with van der Waals surface area (Å²) in [4.78, 5) is 4.92. The first-order valence-corrected chi connectivity index (χ1v) is 29.9. The van der Waals surface area contributed by atoms with Gasteiger partial charge >= 0.3 is 0 Å². The number of anilines is 6. The molecule has 0 spiro atoms. The fraction of sp³-hybridized carbons (Fsp3) is 0.0361. The van der Waals surface area contributed by atoms with E-state index in [-0.39, 0.29) is 5.41 Å². The van der Waals surface area contributed by atoms with Crippen LogP contribution in [-0.4, -0.2) is 4.57 Å². The molecule has 0 saturated carbocycles. The van der Waals surface area contributed by atoms with Crippen LogP contribution in [0.1, 0.15) is 25.0 Å². The number of hydrogen-bond acceptors (Lipinski definition) is 2. The van der Waals surface area contributed by atoms with Crippen molar-refractivity contribution < 1.29 is 0 Å². The largest absolute Gasteiger partial charge is 0.310 e. The molecule has 3 nitrogen and oxygen atoms in total. The molecule has 0 radical (unpaired) electrons. The zero-order valence-corrected chi connectivity index (χ0v) is 47.8. The summed E-state index contributed by atoms with van der Waals surface area (Å²) >= 11 is 0. The summed E-state index contributed by atoms with van der Waals surface area (Å²) in [7, 11) is 0. The van der Waals surface area contributed by atoms with Gasteiger partial charge in [0.2, 0.25) is 0 Å². The fourth-order valence-corrected chi connectivity index (χ4v) is 14.4. The standard InChI is InChI=1S/C83H57N3/c1-83(2)77-52-61(84(58-22-5-3-6-23-58)79-35-19-21-55-20-9-10-26-64(55)79)42-45-71(77)72-46-43-62(53-78(72)83)85(60-40-36-54(37-41-60)56-38-44-70-68-30-12-11-28-66(68)67-29-13-14-31-69(67)75(70)50-56)81-49-47-63(65-27-15-16-32-73(65)81)57-39-48-82-76(51-57)74-33-17-18-34-80(74)86(82)59-24-7-4-8-25-59/h3-53H,1-2H3. The van der Waals surface area contributed by atoms with Gasteiger partial charge in [-0.1, -0.05) is 226 Å². The second kappa shape index (κ2) is 19.6. The van der Waals surface area contributed by atoms with Crippen LogP contribution in [0.4, 0.5) is 34.1 Å². The molecule has 0 bridgehead atoms. The molecule has 1 aliphatic rings. The Balaban J connectivity index is 0.813. The molecule has 16 aromatic rings. The second-order valence-corrected chi connectivity index (χ2v) is 23.6. The predicted molar refractivity (Wildman–Crippen MR) is 366 cm³/mol. The van der Waals surface area contributed by atoms with Crippen LogP contribution >= 0.6 is 0 Å². The van der Waals surface area contributed by atoms with Crippen molar-refractivity contribution in [1.29, 1.82) is 0 Å². The van der Waals surface area contributed by atoms with Gasteiger partial charge in [0.05, 0.1) is 22.4 Å². The second-order valence-electron chi connectivity index (χ2n) is 23.6. The van der Waals surface area contributed by atoms with E-state index in [1.807, 2.05) is 0 Å². The Morgan fingerprint density at radius 2 is 0.709 bits per heavy atom. The number of aromatic nitrogens is 1. The van der Waals surface area contributed by atoms with Gasteiger partial charge in [-0.15, -0.1) is 0 Å². The van der Waals surface area contributed by atoms with Gasteiger partial charge in [0, 0.05) is 55.4 Å². The van der Waals surface area contributed by atoms with E-state index >= 15 is 0 Å². The van der Waals surface area contributed by atoms with Crippen LogP contribution in [0.3, 0.4) is 0 Å². The van der Waals surface area contributed by atoms with Crippen LogP contribution in [0.2, 0.25) is 0 Å². The highest BCUT2D eigenvalue weighted by atomic mass is 15.2. The number of rotatable bonds is 9. The molecule has 0 amide bonds. The summed E-state index contributed by atoms with van der Waals surface area (Å²) in [6.45, 7) is 4.81. The maximum atomic E-state index is 2.50. The predicted octanol–water partition coefficient (Wildman–Crippen LogP) is 23.1. The van der Waals surface area contributed by atoms with E-state index in [9.17, 15) is 0 Å². The van der Waals surface area contributed by atoms with E-state index in [0.29, 0.717) is 0 Å². The SMILES string of the molecule is CC1(C)c2cc(N(c3ccccc3)c3cccc4ccccc34)ccc2-c2ccc(N(c3ccc(-c4ccc5c6ccccc6c6ccccc6c5c4)cc3)c3ccc(-c4ccc5c(c4)c4ccccc4n5-c4ccccc4)c4ccccc34)cc21. The van der Waals surface area contributed by atoms with Gasteiger partial charge in [-0.2, -0.15) is 0 Å². The van der Waals surface area contributed by atoms with Crippen molar-refractivity contribution in [1.82, 2.24) is 4.57 Å². The summed E-state index contributed by atoms with van der Waals surface area (Å²) in [5.41, 5.74) is 19.9. The third-order valence-electron chi connectivity index (χ3n) is 18.5. The number of nitrogens with zero attached hydrogens (tertiary/aromatic N) is 3. The Bertz CT molecular complexity index is 5340. The van der Waals surface area contributed by atoms with Crippen LogP contribution in [-0.2, 0) is 5.41 Å². The quantitative estimate of drug-likeness (QED) is 0.133. The summed E-state index contributed by atoms with van der Waals surface area (Å²) in [5, 5.41) is 15.0. The zero-order chi connectivity index (χ0) is 57.0. The third-order valence-corrected chi connectivity index (χ3v) is 18.5. The lowest BCUT2D eigenvalue weighted by Gasteiger charge is -2.30. The minimum Gasteiger partial charge on any atom is -0.310 e. The highest BCUT2D eigenvalue weighted by molar-refractivity contribution is 6.26. The molecule has 15 aromatic carbocycles. The van der Waals surface area contributed by atoms with E-state index in [1.165, 1.54) is 120 Å². The third kappa shape index (κ3) is 7.75. The molecular formula is C83H57N3. The Kier molecular flexibility index (Phi) is 11.3. The normalized spacial score (nSPS) is 12.6. The molecule has 0 unspecified atom stereocenters. The van der Waals surface area contributed by atoms with Crippen molar-refractivity contribution in [3.63, 3.8) is 0 Å². The molecule has 0 atom stereocenters. The maximum Gasteiger partial charge on any atom is 0.0541 e. The molecule has 404 valence electrons. The van der Waals surface area contributed by atoms with Gasteiger partial charge in [-0.05, 0) is 185 Å². The van der Waals surface area contributed by atoms with Crippen LogP contribution in [0.5, 0.6) is 0 Å². The lowest BCUT2D eigenvalue weighted by Crippen LogP contribution is -2.18. The summed E-state index contributed by atoms with van der Waals surface area (Å²) in [5.74, 6) is 0. The minimum absolute atomic E-state index is 0.326. The van der Waals surface area contributed by atoms with Crippen molar-refractivity contribution in [2.75, 3.05) is 9.80 Å². The van der Waals surface area contributed by atoms with Crippen LogP contribution in [0, 0.1) is 0 Å². The molecule has 86 heavy (non-hydrogen) atoms.